The molecule has 1 heterocycles. The minimum Gasteiger partial charge on any atom is -0.479 e. The number of benzene rings is 1. The van der Waals surface area contributed by atoms with Gasteiger partial charge in [-0.25, -0.2) is 4.79 Å². The first-order chi connectivity index (χ1) is 10.2. The maximum Gasteiger partial charge on any atom is 0.446 e. The minimum absolute atomic E-state index is 0.0544. The number of ether oxygens (including phenoxy) is 1. The smallest absolute Gasteiger partial charge is 0.446 e. The largest absolute Gasteiger partial charge is 0.479 e. The Morgan fingerprint density at radius 1 is 1.27 bits per heavy atom. The second-order valence-electron chi connectivity index (χ2n) is 4.72. The van der Waals surface area contributed by atoms with Gasteiger partial charge in [-0.1, -0.05) is 0 Å². The zero-order valence-corrected chi connectivity index (χ0v) is 12.0. The number of hydrogen-bond acceptors (Lipinski definition) is 4. The summed E-state index contributed by atoms with van der Waals surface area (Å²) in [5, 5.41) is 11.6. The average Bonchev–Trinajstić information content (AvgIpc) is 2.87. The van der Waals surface area contributed by atoms with Crippen molar-refractivity contribution in [2.75, 3.05) is 13.2 Å². The SMILES string of the molecule is O=C(NC1(C(=O)O)CCOC1)c1ccc(SC(F)(F)F)cc1. The molecule has 2 rings (SSSR count). The standard InChI is InChI=1S/C13H12F3NO4S/c14-13(15,16)22-9-3-1-8(2-4-9)10(18)17-12(11(19)20)5-6-21-7-12/h1-4H,5-7H2,(H,17,18)(H,19,20). The van der Waals surface area contributed by atoms with Crippen LogP contribution in [0.5, 0.6) is 0 Å². The molecule has 1 aromatic carbocycles. The molecule has 0 aliphatic carbocycles. The molecule has 1 unspecified atom stereocenters. The van der Waals surface area contributed by atoms with E-state index in [4.69, 9.17) is 4.74 Å². The molecule has 1 saturated heterocycles. The Hall–Kier alpha value is -1.74. The van der Waals surface area contributed by atoms with E-state index in [1.807, 2.05) is 0 Å². The Bertz CT molecular complexity index is 568. The van der Waals surface area contributed by atoms with E-state index in [0.717, 1.165) is 12.1 Å². The third-order valence-electron chi connectivity index (χ3n) is 3.13. The van der Waals surface area contributed by atoms with Gasteiger partial charge in [0, 0.05) is 23.5 Å². The highest BCUT2D eigenvalue weighted by Crippen LogP contribution is 2.36. The van der Waals surface area contributed by atoms with Crippen LogP contribution in [0.2, 0.25) is 0 Å². The number of nitrogens with one attached hydrogen (secondary N) is 1. The number of rotatable bonds is 4. The highest BCUT2D eigenvalue weighted by atomic mass is 32.2. The van der Waals surface area contributed by atoms with E-state index in [1.165, 1.54) is 12.1 Å². The van der Waals surface area contributed by atoms with Crippen molar-refractivity contribution in [3.63, 3.8) is 0 Å². The van der Waals surface area contributed by atoms with Gasteiger partial charge in [0.05, 0.1) is 6.61 Å². The average molecular weight is 335 g/mol. The summed E-state index contributed by atoms with van der Waals surface area (Å²) in [7, 11) is 0. The van der Waals surface area contributed by atoms with Crippen LogP contribution in [0.25, 0.3) is 0 Å². The lowest BCUT2D eigenvalue weighted by atomic mass is 9.98. The van der Waals surface area contributed by atoms with Crippen LogP contribution < -0.4 is 5.32 Å². The van der Waals surface area contributed by atoms with Crippen molar-refractivity contribution in [2.24, 2.45) is 0 Å². The second kappa shape index (κ2) is 6.17. The predicted octanol–water partition coefficient (Wildman–Crippen LogP) is 2.27. The molecule has 1 amide bonds. The molecule has 22 heavy (non-hydrogen) atoms. The molecule has 0 bridgehead atoms. The minimum atomic E-state index is -4.40. The third kappa shape index (κ3) is 3.92. The highest BCUT2D eigenvalue weighted by Gasteiger charge is 2.44. The molecule has 9 heteroatoms. The van der Waals surface area contributed by atoms with Gasteiger partial charge in [0.25, 0.3) is 5.91 Å². The fourth-order valence-corrected chi connectivity index (χ4v) is 2.52. The maximum absolute atomic E-state index is 12.2. The summed E-state index contributed by atoms with van der Waals surface area (Å²) in [6.07, 6.45) is 0.135. The van der Waals surface area contributed by atoms with Crippen molar-refractivity contribution < 1.29 is 32.6 Å². The fourth-order valence-electron chi connectivity index (χ4n) is 1.98. The van der Waals surface area contributed by atoms with Crippen LogP contribution >= 0.6 is 11.8 Å². The summed E-state index contributed by atoms with van der Waals surface area (Å²) in [6.45, 7) is 0.0732. The summed E-state index contributed by atoms with van der Waals surface area (Å²) in [6, 6.07) is 4.75. The summed E-state index contributed by atoms with van der Waals surface area (Å²) >= 11 is -0.288. The van der Waals surface area contributed by atoms with Crippen LogP contribution in [0.15, 0.2) is 29.2 Å². The highest BCUT2D eigenvalue weighted by molar-refractivity contribution is 8.00. The van der Waals surface area contributed by atoms with Gasteiger partial charge >= 0.3 is 11.5 Å². The van der Waals surface area contributed by atoms with Crippen molar-refractivity contribution in [1.29, 1.82) is 0 Å². The lowest BCUT2D eigenvalue weighted by molar-refractivity contribution is -0.144. The Kier molecular flexibility index (Phi) is 4.66. The van der Waals surface area contributed by atoms with Crippen LogP contribution in [-0.4, -0.2) is 41.2 Å². The molecule has 120 valence electrons. The number of halogens is 3. The first-order valence-electron chi connectivity index (χ1n) is 6.21. The first-order valence-corrected chi connectivity index (χ1v) is 7.03. The van der Waals surface area contributed by atoms with Gasteiger partial charge in [0.2, 0.25) is 0 Å². The molecule has 0 spiro atoms. The topological polar surface area (TPSA) is 75.6 Å². The monoisotopic (exact) mass is 335 g/mol. The van der Waals surface area contributed by atoms with Crippen LogP contribution in [0.4, 0.5) is 13.2 Å². The molecular weight excluding hydrogens is 323 g/mol. The molecule has 1 aliphatic rings. The number of carbonyl (C=O) groups excluding carboxylic acids is 1. The van der Waals surface area contributed by atoms with Gasteiger partial charge in [-0.3, -0.25) is 4.79 Å². The molecule has 5 nitrogen and oxygen atoms in total. The number of carboxylic acid groups (broad SMARTS) is 1. The van der Waals surface area contributed by atoms with Crippen molar-refractivity contribution in [2.45, 2.75) is 22.4 Å². The summed E-state index contributed by atoms with van der Waals surface area (Å²) in [4.78, 5) is 23.3. The molecule has 1 fully saturated rings. The van der Waals surface area contributed by atoms with Crippen molar-refractivity contribution in [1.82, 2.24) is 5.32 Å². The fraction of sp³-hybridized carbons (Fsp3) is 0.385. The summed E-state index contributed by atoms with van der Waals surface area (Å²) < 4.78 is 41.7. The van der Waals surface area contributed by atoms with Crippen LogP contribution in [0.3, 0.4) is 0 Å². The van der Waals surface area contributed by atoms with Crippen molar-refractivity contribution in [3.8, 4) is 0 Å². The molecule has 0 saturated carbocycles. The van der Waals surface area contributed by atoms with Gasteiger partial charge in [-0.15, -0.1) is 0 Å². The number of thioether (sulfide) groups is 1. The molecule has 0 radical (unpaired) electrons. The lowest BCUT2D eigenvalue weighted by Gasteiger charge is -2.23. The van der Waals surface area contributed by atoms with E-state index < -0.39 is 22.9 Å². The summed E-state index contributed by atoms with van der Waals surface area (Å²) in [5.74, 6) is -1.88. The first kappa shape index (κ1) is 16.6. The zero-order chi connectivity index (χ0) is 16.4. The maximum atomic E-state index is 12.2. The molecular formula is C13H12F3NO4S. The van der Waals surface area contributed by atoms with Crippen molar-refractivity contribution in [3.05, 3.63) is 29.8 Å². The van der Waals surface area contributed by atoms with Crippen LogP contribution in [-0.2, 0) is 9.53 Å². The molecule has 1 aliphatic heterocycles. The number of hydrogen-bond donors (Lipinski definition) is 2. The molecule has 0 aromatic heterocycles. The van der Waals surface area contributed by atoms with E-state index in [0.29, 0.717) is 0 Å². The van der Waals surface area contributed by atoms with E-state index >= 15 is 0 Å². The molecule has 1 atom stereocenters. The van der Waals surface area contributed by atoms with Gasteiger partial charge in [0.15, 0.2) is 5.54 Å². The normalized spacial score (nSPS) is 21.6. The van der Waals surface area contributed by atoms with Gasteiger partial charge < -0.3 is 15.2 Å². The van der Waals surface area contributed by atoms with E-state index in [-0.39, 0.29) is 41.9 Å². The Morgan fingerprint density at radius 3 is 2.36 bits per heavy atom. The van der Waals surface area contributed by atoms with E-state index in [2.05, 4.69) is 5.32 Å². The van der Waals surface area contributed by atoms with Crippen LogP contribution in [0, 0.1) is 0 Å². The number of amides is 1. The van der Waals surface area contributed by atoms with Gasteiger partial charge in [0.1, 0.15) is 0 Å². The zero-order valence-electron chi connectivity index (χ0n) is 11.1. The molecule has 1 aromatic rings. The van der Waals surface area contributed by atoms with Crippen molar-refractivity contribution >= 4 is 23.6 Å². The Labute approximate surface area is 127 Å². The van der Waals surface area contributed by atoms with Gasteiger partial charge in [-0.2, -0.15) is 13.2 Å². The number of alkyl halides is 3. The quantitative estimate of drug-likeness (QED) is 0.826. The van der Waals surface area contributed by atoms with Crippen LogP contribution in [0.1, 0.15) is 16.8 Å². The second-order valence-corrected chi connectivity index (χ2v) is 5.85. The van der Waals surface area contributed by atoms with E-state index in [9.17, 15) is 27.9 Å². The number of carbonyl (C=O) groups is 2. The lowest BCUT2D eigenvalue weighted by Crippen LogP contribution is -2.55. The predicted molar refractivity (Wildman–Crippen MR) is 71.6 cm³/mol. The number of aliphatic carboxylic acids is 1. The van der Waals surface area contributed by atoms with E-state index in [1.54, 1.807) is 0 Å². The Morgan fingerprint density at radius 2 is 1.91 bits per heavy atom. The van der Waals surface area contributed by atoms with Gasteiger partial charge in [-0.05, 0) is 36.0 Å². The number of carboxylic acids is 1. The Balaban J connectivity index is 2.08. The third-order valence-corrected chi connectivity index (χ3v) is 3.87. The molecule has 2 N–H and O–H groups in total. The summed E-state index contributed by atoms with van der Waals surface area (Å²) in [5.41, 5.74) is -5.81.